The van der Waals surface area contributed by atoms with Crippen molar-refractivity contribution in [2.45, 2.75) is 13.3 Å². The fraction of sp³-hybridized carbons (Fsp3) is 0.235. The lowest BCUT2D eigenvalue weighted by Crippen LogP contribution is -2.06. The van der Waals surface area contributed by atoms with Gasteiger partial charge in [-0.2, -0.15) is 0 Å². The van der Waals surface area contributed by atoms with Crippen molar-refractivity contribution in [3.05, 3.63) is 52.7 Å². The molecule has 0 spiro atoms. The molecular weight excluding hydrogens is 250 g/mol. The van der Waals surface area contributed by atoms with Gasteiger partial charge in [-0.1, -0.05) is 6.92 Å². The second-order valence-corrected chi connectivity index (χ2v) is 4.99. The quantitative estimate of drug-likeness (QED) is 0.681. The molecule has 0 radical (unpaired) electrons. The molecule has 0 unspecified atom stereocenters. The van der Waals surface area contributed by atoms with Gasteiger partial charge in [0.2, 0.25) is 0 Å². The number of pyridine rings is 1. The predicted octanol–water partition coefficient (Wildman–Crippen LogP) is 3.43. The van der Waals surface area contributed by atoms with Gasteiger partial charge in [-0.15, -0.1) is 0 Å². The van der Waals surface area contributed by atoms with Crippen LogP contribution in [0.3, 0.4) is 0 Å². The molecule has 0 aromatic heterocycles. The molecule has 0 N–H and O–H groups in total. The van der Waals surface area contributed by atoms with Gasteiger partial charge in [0.25, 0.3) is 0 Å². The Balaban J connectivity index is 2.23. The van der Waals surface area contributed by atoms with E-state index in [2.05, 4.69) is 19.1 Å². The molecule has 0 amide bonds. The van der Waals surface area contributed by atoms with E-state index in [1.54, 1.807) is 12.1 Å². The van der Waals surface area contributed by atoms with Gasteiger partial charge in [-0.05, 0) is 47.7 Å². The van der Waals surface area contributed by atoms with Crippen LogP contribution in [0.2, 0.25) is 0 Å². The van der Waals surface area contributed by atoms with Crippen LogP contribution in [0, 0.1) is 0 Å². The molecule has 2 aliphatic rings. The molecule has 0 saturated carbocycles. The van der Waals surface area contributed by atoms with Crippen LogP contribution in [0.15, 0.2) is 47.3 Å². The number of fused-ring (bicyclic) bond motifs is 2. The number of hydrogen-bond donors (Lipinski definition) is 0. The third kappa shape index (κ3) is 2.16. The first-order valence-corrected chi connectivity index (χ1v) is 6.85. The van der Waals surface area contributed by atoms with Crippen LogP contribution in [-0.2, 0) is 7.05 Å². The maximum atomic E-state index is 11.5. The van der Waals surface area contributed by atoms with E-state index in [9.17, 15) is 4.79 Å². The maximum absolute atomic E-state index is 11.5. The van der Waals surface area contributed by atoms with Crippen LogP contribution in [0.25, 0.3) is 22.2 Å². The van der Waals surface area contributed by atoms with E-state index in [4.69, 9.17) is 4.74 Å². The number of hydrogen-bond acceptors (Lipinski definition) is 2. The first kappa shape index (κ1) is 12.7. The second-order valence-electron chi connectivity index (χ2n) is 4.99. The Morgan fingerprint density at radius 3 is 2.75 bits per heavy atom. The molecule has 3 rings (SSSR count). The van der Waals surface area contributed by atoms with Crippen LogP contribution < -0.4 is 10.2 Å². The van der Waals surface area contributed by atoms with E-state index in [0.717, 1.165) is 34.3 Å². The summed E-state index contributed by atoms with van der Waals surface area (Å²) in [7, 11) is 1.98. The summed E-state index contributed by atoms with van der Waals surface area (Å²) in [5.41, 5.74) is 3.11. The first-order chi connectivity index (χ1) is 9.69. The molecule has 0 fully saturated rings. The highest BCUT2D eigenvalue weighted by atomic mass is 16.5. The zero-order valence-corrected chi connectivity index (χ0v) is 11.7. The Bertz CT molecular complexity index is 789. The molecule has 20 heavy (non-hydrogen) atoms. The first-order valence-electron chi connectivity index (χ1n) is 6.85. The number of aromatic nitrogens is 1. The van der Waals surface area contributed by atoms with Gasteiger partial charge in [0.15, 0.2) is 5.43 Å². The van der Waals surface area contributed by atoms with Crippen molar-refractivity contribution < 1.29 is 4.74 Å². The SMILES string of the molecule is CCCOc1ccc2cc3ccc(=O)cc-3n(C)c2c1. The Kier molecular flexibility index (Phi) is 3.18. The topological polar surface area (TPSA) is 31.2 Å². The van der Waals surface area contributed by atoms with Crippen LogP contribution in [0.5, 0.6) is 5.75 Å². The normalized spacial score (nSPS) is 11.1. The minimum Gasteiger partial charge on any atom is -0.494 e. The van der Waals surface area contributed by atoms with Crippen molar-refractivity contribution in [3.8, 4) is 17.0 Å². The summed E-state index contributed by atoms with van der Waals surface area (Å²) in [5.74, 6) is 0.868. The van der Waals surface area contributed by atoms with Crippen LogP contribution in [0.4, 0.5) is 0 Å². The minimum absolute atomic E-state index is 0.0332. The molecular formula is C17H17NO2. The summed E-state index contributed by atoms with van der Waals surface area (Å²) in [6.45, 7) is 2.80. The summed E-state index contributed by atoms with van der Waals surface area (Å²) in [6, 6.07) is 13.3. The summed E-state index contributed by atoms with van der Waals surface area (Å²) < 4.78 is 7.73. The van der Waals surface area contributed by atoms with Gasteiger partial charge in [0.1, 0.15) is 5.75 Å². The summed E-state index contributed by atoms with van der Waals surface area (Å²) in [6.07, 6.45) is 0.988. The molecule has 3 nitrogen and oxygen atoms in total. The van der Waals surface area contributed by atoms with Gasteiger partial charge in [-0.25, -0.2) is 0 Å². The zero-order chi connectivity index (χ0) is 14.1. The molecule has 1 heterocycles. The highest BCUT2D eigenvalue weighted by molar-refractivity contribution is 5.87. The van der Waals surface area contributed by atoms with E-state index >= 15 is 0 Å². The predicted molar refractivity (Wildman–Crippen MR) is 81.6 cm³/mol. The van der Waals surface area contributed by atoms with Crippen molar-refractivity contribution in [2.75, 3.05) is 6.61 Å². The lowest BCUT2D eigenvalue weighted by Gasteiger charge is -2.16. The van der Waals surface area contributed by atoms with E-state index < -0.39 is 0 Å². The number of ether oxygens (including phenoxy) is 1. The molecule has 1 aromatic rings. The fourth-order valence-electron chi connectivity index (χ4n) is 2.48. The van der Waals surface area contributed by atoms with Crippen LogP contribution in [-0.4, -0.2) is 11.2 Å². The molecule has 3 heteroatoms. The highest BCUT2D eigenvalue weighted by Crippen LogP contribution is 2.28. The average molecular weight is 267 g/mol. The third-order valence-electron chi connectivity index (χ3n) is 3.51. The largest absolute Gasteiger partial charge is 0.494 e. The van der Waals surface area contributed by atoms with E-state index in [-0.39, 0.29) is 5.43 Å². The number of rotatable bonds is 3. The smallest absolute Gasteiger partial charge is 0.180 e. The monoisotopic (exact) mass is 267 g/mol. The van der Waals surface area contributed by atoms with Crippen molar-refractivity contribution in [1.29, 1.82) is 0 Å². The van der Waals surface area contributed by atoms with E-state index in [1.165, 1.54) is 0 Å². The highest BCUT2D eigenvalue weighted by Gasteiger charge is 2.09. The number of benzene rings is 2. The molecule has 1 aliphatic carbocycles. The maximum Gasteiger partial charge on any atom is 0.180 e. The van der Waals surface area contributed by atoms with Gasteiger partial charge in [0, 0.05) is 19.2 Å². The molecule has 1 aromatic carbocycles. The lowest BCUT2D eigenvalue weighted by atomic mass is 10.1. The summed E-state index contributed by atoms with van der Waals surface area (Å²) >= 11 is 0. The van der Waals surface area contributed by atoms with Crippen molar-refractivity contribution >= 4 is 10.9 Å². The van der Waals surface area contributed by atoms with Gasteiger partial charge >= 0.3 is 0 Å². The Labute approximate surface area is 117 Å². The van der Waals surface area contributed by atoms with Crippen molar-refractivity contribution in [2.24, 2.45) is 7.05 Å². The third-order valence-corrected chi connectivity index (χ3v) is 3.51. The number of aryl methyl sites for hydroxylation is 1. The average Bonchev–Trinajstić information content (AvgIpc) is 2.46. The number of nitrogens with zero attached hydrogens (tertiary/aromatic N) is 1. The van der Waals surface area contributed by atoms with Crippen LogP contribution >= 0.6 is 0 Å². The van der Waals surface area contributed by atoms with E-state index in [1.807, 2.05) is 29.8 Å². The fourth-order valence-corrected chi connectivity index (χ4v) is 2.48. The van der Waals surface area contributed by atoms with Gasteiger partial charge in [0.05, 0.1) is 17.8 Å². The molecule has 102 valence electrons. The summed E-state index contributed by atoms with van der Waals surface area (Å²) in [5, 5.41) is 1.14. The zero-order valence-electron chi connectivity index (χ0n) is 11.7. The van der Waals surface area contributed by atoms with Gasteiger partial charge in [-0.3, -0.25) is 4.79 Å². The summed E-state index contributed by atoms with van der Waals surface area (Å²) in [4.78, 5) is 11.5. The van der Waals surface area contributed by atoms with Crippen molar-refractivity contribution in [3.63, 3.8) is 0 Å². The molecule has 0 atom stereocenters. The Morgan fingerprint density at radius 2 is 1.95 bits per heavy atom. The Hall–Kier alpha value is -2.29. The van der Waals surface area contributed by atoms with E-state index in [0.29, 0.717) is 6.61 Å². The molecule has 0 saturated heterocycles. The van der Waals surface area contributed by atoms with Crippen LogP contribution in [0.1, 0.15) is 13.3 Å². The molecule has 1 aliphatic heterocycles. The standard InChI is InChI=1S/C17H17NO2/c1-3-8-20-15-7-5-13-9-12-4-6-14(19)10-16(12)18(2)17(13)11-15/h4-7,9-11H,3,8H2,1-2H3. The van der Waals surface area contributed by atoms with Crippen molar-refractivity contribution in [1.82, 2.24) is 4.57 Å². The minimum atomic E-state index is 0.0332. The van der Waals surface area contributed by atoms with Gasteiger partial charge < -0.3 is 9.30 Å². The Morgan fingerprint density at radius 1 is 1.10 bits per heavy atom. The molecule has 0 bridgehead atoms. The second kappa shape index (κ2) is 5.00. The lowest BCUT2D eigenvalue weighted by molar-refractivity contribution is 0.318.